The number of fused-ring (bicyclic) bond motifs is 12. The molecule has 0 aliphatic heterocycles. The largest absolute Gasteiger partial charge is 0.339 e. The van der Waals surface area contributed by atoms with Gasteiger partial charge in [0.2, 0.25) is 0 Å². The fourth-order valence-electron chi connectivity index (χ4n) is 10.8. The molecule has 304 valence electrons. The van der Waals surface area contributed by atoms with Gasteiger partial charge in [0.25, 0.3) is 0 Å². The number of aromatic nitrogens is 6. The zero-order valence-electron chi connectivity index (χ0n) is 35.6. The number of rotatable bonds is 6. The van der Waals surface area contributed by atoms with E-state index in [4.69, 9.17) is 0 Å². The lowest BCUT2D eigenvalue weighted by Gasteiger charge is -2.21. The van der Waals surface area contributed by atoms with E-state index < -0.39 is 0 Å². The molecule has 0 radical (unpaired) electrons. The quantitative estimate of drug-likeness (QED) is 0.168. The van der Waals surface area contributed by atoms with Gasteiger partial charge in [0, 0.05) is 104 Å². The molecule has 0 atom stereocenters. The molecular formula is C58H42N6. The Balaban J connectivity index is 1.40. The predicted molar refractivity (Wildman–Crippen MR) is 268 cm³/mol. The first-order valence-corrected chi connectivity index (χ1v) is 22.2. The van der Waals surface area contributed by atoms with Crippen molar-refractivity contribution in [2.45, 2.75) is 26.9 Å². The van der Waals surface area contributed by atoms with Gasteiger partial charge in [-0.25, -0.2) is 0 Å². The van der Waals surface area contributed by atoms with Crippen molar-refractivity contribution in [3.05, 3.63) is 195 Å². The van der Waals surface area contributed by atoms with Crippen LogP contribution in [0.1, 0.15) is 13.8 Å². The summed E-state index contributed by atoms with van der Waals surface area (Å²) in [6.07, 6.45) is 7.71. The van der Waals surface area contributed by atoms with Crippen molar-refractivity contribution in [2.75, 3.05) is 0 Å². The van der Waals surface area contributed by atoms with Gasteiger partial charge < -0.3 is 18.3 Å². The minimum atomic E-state index is 0.738. The van der Waals surface area contributed by atoms with Crippen LogP contribution in [-0.2, 0) is 13.1 Å². The van der Waals surface area contributed by atoms with Crippen molar-refractivity contribution < 1.29 is 0 Å². The number of benzene rings is 8. The molecule has 0 aliphatic carbocycles. The second-order valence-electron chi connectivity index (χ2n) is 16.8. The van der Waals surface area contributed by atoms with Crippen molar-refractivity contribution in [1.82, 2.24) is 28.2 Å². The summed E-state index contributed by atoms with van der Waals surface area (Å²) in [4.78, 5) is 9.27. The van der Waals surface area contributed by atoms with Crippen LogP contribution < -0.4 is 0 Å². The summed E-state index contributed by atoms with van der Waals surface area (Å²) >= 11 is 0. The Kier molecular flexibility index (Phi) is 8.06. The van der Waals surface area contributed by atoms with Crippen molar-refractivity contribution >= 4 is 87.2 Å². The molecule has 0 saturated heterocycles. The molecular weight excluding hydrogens is 781 g/mol. The standard InChI is InChI=1S/C58H42N6/c1-3-61-51-31-39(37-17-15-27-59-35-37)29-47-45(51)34-54(58-56(47)44-24-12-14-26-50(44)64(58)42-21-9-6-10-22-42)62(4-2)52-32-40(38-18-16-28-60-36-38)30-48-46(52)33-53(61)57-55(48)43-23-11-13-25-49(43)63(57)41-19-7-5-8-20-41/h5-36H,3-4H2,1-2H3. The second kappa shape index (κ2) is 14.2. The lowest BCUT2D eigenvalue weighted by atomic mass is 9.95. The molecule has 6 nitrogen and oxygen atoms in total. The highest BCUT2D eigenvalue weighted by Gasteiger charge is 2.24. The van der Waals surface area contributed by atoms with Crippen LogP contribution in [0.15, 0.2) is 195 Å². The van der Waals surface area contributed by atoms with Crippen molar-refractivity contribution in [3.8, 4) is 33.6 Å². The van der Waals surface area contributed by atoms with E-state index in [1.54, 1.807) is 0 Å². The van der Waals surface area contributed by atoms with E-state index in [-0.39, 0.29) is 0 Å². The van der Waals surface area contributed by atoms with E-state index in [2.05, 4.69) is 200 Å². The summed E-state index contributed by atoms with van der Waals surface area (Å²) in [5, 5.41) is 9.74. The average molecular weight is 823 g/mol. The highest BCUT2D eigenvalue weighted by Crippen LogP contribution is 2.46. The molecule has 5 aromatic heterocycles. The molecule has 0 unspecified atom stereocenters. The number of pyridine rings is 2. The molecule has 4 bridgehead atoms. The monoisotopic (exact) mass is 822 g/mol. The molecule has 5 heterocycles. The number of hydrogen-bond donors (Lipinski definition) is 0. The molecule has 64 heavy (non-hydrogen) atoms. The van der Waals surface area contributed by atoms with E-state index >= 15 is 0 Å². The lowest BCUT2D eigenvalue weighted by Crippen LogP contribution is -2.06. The zero-order valence-corrected chi connectivity index (χ0v) is 35.6. The van der Waals surface area contributed by atoms with Gasteiger partial charge in [0.05, 0.1) is 33.1 Å². The van der Waals surface area contributed by atoms with Crippen LogP contribution >= 0.6 is 0 Å². The Hall–Kier alpha value is -8.22. The molecule has 0 amide bonds. The molecule has 0 saturated carbocycles. The molecule has 6 heteroatoms. The van der Waals surface area contributed by atoms with Crippen LogP contribution in [0.25, 0.3) is 121 Å². The van der Waals surface area contributed by atoms with E-state index in [1.807, 2.05) is 36.9 Å². The third-order valence-electron chi connectivity index (χ3n) is 13.5. The highest BCUT2D eigenvalue weighted by molar-refractivity contribution is 6.31. The molecule has 0 aliphatic rings. The van der Waals surface area contributed by atoms with Crippen molar-refractivity contribution in [1.29, 1.82) is 0 Å². The Morgan fingerprint density at radius 2 is 0.766 bits per heavy atom. The maximum absolute atomic E-state index is 4.63. The van der Waals surface area contributed by atoms with E-state index in [9.17, 15) is 0 Å². The normalized spacial score (nSPS) is 12.0. The van der Waals surface area contributed by atoms with Crippen molar-refractivity contribution in [2.24, 2.45) is 0 Å². The van der Waals surface area contributed by atoms with Crippen LogP contribution in [0.2, 0.25) is 0 Å². The molecule has 0 N–H and O–H groups in total. The van der Waals surface area contributed by atoms with Gasteiger partial charge in [-0.05, 0) is 121 Å². The minimum Gasteiger partial charge on any atom is -0.339 e. The van der Waals surface area contributed by atoms with Gasteiger partial charge in [-0.1, -0.05) is 84.9 Å². The predicted octanol–water partition coefficient (Wildman–Crippen LogP) is 14.8. The van der Waals surface area contributed by atoms with E-state index in [1.165, 1.54) is 65.2 Å². The van der Waals surface area contributed by atoms with Crippen LogP contribution in [0.5, 0.6) is 0 Å². The molecule has 13 aromatic rings. The summed E-state index contributed by atoms with van der Waals surface area (Å²) in [5.41, 5.74) is 16.0. The van der Waals surface area contributed by atoms with E-state index in [0.29, 0.717) is 0 Å². The van der Waals surface area contributed by atoms with Gasteiger partial charge in [-0.15, -0.1) is 0 Å². The van der Waals surface area contributed by atoms with Gasteiger partial charge in [0.1, 0.15) is 0 Å². The van der Waals surface area contributed by atoms with Crippen LogP contribution in [0, 0.1) is 0 Å². The Morgan fingerprint density at radius 3 is 1.17 bits per heavy atom. The third-order valence-corrected chi connectivity index (χ3v) is 13.5. The molecule has 0 spiro atoms. The molecule has 8 aromatic carbocycles. The topological polar surface area (TPSA) is 45.5 Å². The number of nitrogens with zero attached hydrogens (tertiary/aromatic N) is 6. The van der Waals surface area contributed by atoms with Crippen LogP contribution in [-0.4, -0.2) is 28.2 Å². The Bertz CT molecular complexity index is 3740. The SMILES string of the molecule is CCn1c2cc(-c3cccnc3)cc3c2cc(c2c3c3ccccc3n2-c2ccccc2)n(CC)c2cc(-c3cccnc3)cc3c2cc1c1c3c2ccccc2n1-c1ccccc1. The first kappa shape index (κ1) is 36.4. The highest BCUT2D eigenvalue weighted by atomic mass is 15.0. The maximum atomic E-state index is 4.63. The Labute approximate surface area is 369 Å². The zero-order chi connectivity index (χ0) is 42.5. The first-order chi connectivity index (χ1) is 31.7. The number of para-hydroxylation sites is 4. The smallest absolute Gasteiger partial charge is 0.0785 e. The molecule has 0 fully saturated rings. The fraction of sp³-hybridized carbons (Fsp3) is 0.0690. The van der Waals surface area contributed by atoms with Gasteiger partial charge >= 0.3 is 0 Å². The average Bonchev–Trinajstić information content (AvgIpc) is 3.90. The summed E-state index contributed by atoms with van der Waals surface area (Å²) in [6.45, 7) is 6.07. The lowest BCUT2D eigenvalue weighted by molar-refractivity contribution is 0.818. The summed E-state index contributed by atoms with van der Waals surface area (Å²) < 4.78 is 10.1. The fourth-order valence-corrected chi connectivity index (χ4v) is 10.8. The van der Waals surface area contributed by atoms with E-state index in [0.717, 1.165) is 68.8 Å². The first-order valence-electron chi connectivity index (χ1n) is 22.2. The van der Waals surface area contributed by atoms with Crippen molar-refractivity contribution in [3.63, 3.8) is 0 Å². The van der Waals surface area contributed by atoms with Gasteiger partial charge in [-0.3, -0.25) is 9.97 Å². The molecule has 13 rings (SSSR count). The van der Waals surface area contributed by atoms with Gasteiger partial charge in [0.15, 0.2) is 0 Å². The second-order valence-corrected chi connectivity index (χ2v) is 16.8. The van der Waals surface area contributed by atoms with Crippen LogP contribution in [0.4, 0.5) is 0 Å². The summed E-state index contributed by atoms with van der Waals surface area (Å²) in [7, 11) is 0. The number of hydrogen-bond acceptors (Lipinski definition) is 2. The summed E-state index contributed by atoms with van der Waals surface area (Å²) in [6, 6.07) is 62.7. The maximum Gasteiger partial charge on any atom is 0.0785 e. The Morgan fingerprint density at radius 1 is 0.344 bits per heavy atom. The number of aryl methyl sites for hydroxylation is 2. The van der Waals surface area contributed by atoms with Crippen LogP contribution in [0.3, 0.4) is 0 Å². The summed E-state index contributed by atoms with van der Waals surface area (Å²) in [5.74, 6) is 0. The third kappa shape index (κ3) is 5.20. The van der Waals surface area contributed by atoms with Gasteiger partial charge in [-0.2, -0.15) is 0 Å². The minimum absolute atomic E-state index is 0.738.